The number of carbonyl (C=O) groups is 2. The maximum atomic E-state index is 13.0. The lowest BCUT2D eigenvalue weighted by molar-refractivity contribution is -0.147. The van der Waals surface area contributed by atoms with E-state index < -0.39 is 11.8 Å². The Morgan fingerprint density at radius 2 is 2.03 bits per heavy atom. The first-order valence-corrected chi connectivity index (χ1v) is 11.9. The molecule has 0 fully saturated rings. The van der Waals surface area contributed by atoms with Gasteiger partial charge in [0, 0.05) is 49.6 Å². The topological polar surface area (TPSA) is 64.6 Å². The molecule has 0 saturated heterocycles. The van der Waals surface area contributed by atoms with Gasteiger partial charge in [-0.1, -0.05) is 18.2 Å². The predicted octanol–water partition coefficient (Wildman–Crippen LogP) is 5.68. The molecule has 1 aromatic carbocycles. The van der Waals surface area contributed by atoms with Crippen LogP contribution in [-0.4, -0.2) is 18.4 Å². The second-order valence-corrected chi connectivity index (χ2v) is 9.72. The number of aryl methyl sites for hydroxylation is 1. The Balaban J connectivity index is 1.68. The van der Waals surface area contributed by atoms with Crippen LogP contribution in [0.2, 0.25) is 5.02 Å². The summed E-state index contributed by atoms with van der Waals surface area (Å²) in [6, 6.07) is 9.29. The van der Waals surface area contributed by atoms with Gasteiger partial charge in [0.2, 0.25) is 0 Å². The molecule has 1 aromatic heterocycles. The van der Waals surface area contributed by atoms with Gasteiger partial charge in [-0.05, 0) is 57.0 Å². The van der Waals surface area contributed by atoms with E-state index in [4.69, 9.17) is 21.1 Å². The van der Waals surface area contributed by atoms with Crippen molar-refractivity contribution in [3.8, 4) is 5.75 Å². The number of esters is 1. The summed E-state index contributed by atoms with van der Waals surface area (Å²) in [4.78, 5) is 27.9. The van der Waals surface area contributed by atoms with Gasteiger partial charge < -0.3 is 14.8 Å². The van der Waals surface area contributed by atoms with Crippen molar-refractivity contribution in [2.75, 3.05) is 6.61 Å². The fraction of sp³-hybridized carbons (Fsp3) is 0.360. The summed E-state index contributed by atoms with van der Waals surface area (Å²) < 4.78 is 11.3. The standard InChI is InChI=1S/C25H26ClNO4S/c1-4-30-25(29)22-14(2)27-19-6-5-7-20(28)23(19)24(22)21-12-16(15(3)32-21)13-31-18-10-8-17(26)9-11-18/h8-12,22,24,27H,2,4-7,13H2,1,3H3. The van der Waals surface area contributed by atoms with Crippen molar-refractivity contribution in [1.29, 1.82) is 0 Å². The van der Waals surface area contributed by atoms with E-state index in [0.29, 0.717) is 29.3 Å². The number of ether oxygens (including phenoxy) is 2. The van der Waals surface area contributed by atoms with Gasteiger partial charge in [0.1, 0.15) is 18.3 Å². The maximum absolute atomic E-state index is 13.0. The van der Waals surface area contributed by atoms with Crippen LogP contribution in [-0.2, 0) is 20.9 Å². The first kappa shape index (κ1) is 22.6. The number of halogens is 1. The third-order valence-electron chi connectivity index (χ3n) is 5.88. The molecule has 2 heterocycles. The van der Waals surface area contributed by atoms with E-state index >= 15 is 0 Å². The minimum absolute atomic E-state index is 0.0931. The van der Waals surface area contributed by atoms with Gasteiger partial charge in [0.25, 0.3) is 0 Å². The fourth-order valence-corrected chi connectivity index (χ4v) is 5.65. The smallest absolute Gasteiger partial charge is 0.315 e. The monoisotopic (exact) mass is 471 g/mol. The van der Waals surface area contributed by atoms with E-state index in [1.807, 2.05) is 19.1 Å². The van der Waals surface area contributed by atoms with E-state index in [1.165, 1.54) is 0 Å². The van der Waals surface area contributed by atoms with E-state index in [2.05, 4.69) is 18.0 Å². The van der Waals surface area contributed by atoms with Crippen molar-refractivity contribution in [1.82, 2.24) is 5.32 Å². The molecule has 0 saturated carbocycles. The van der Waals surface area contributed by atoms with Gasteiger partial charge in [-0.2, -0.15) is 0 Å². The molecule has 7 heteroatoms. The Kier molecular flexibility index (Phi) is 6.72. The Morgan fingerprint density at radius 3 is 2.75 bits per heavy atom. The van der Waals surface area contributed by atoms with Gasteiger partial charge in [0.15, 0.2) is 5.78 Å². The van der Waals surface area contributed by atoms with Crippen LogP contribution in [0.15, 0.2) is 53.9 Å². The SMILES string of the molecule is C=C1NC2=C(C(=O)CCC2)C(c2cc(COc3ccc(Cl)cc3)c(C)s2)C1C(=O)OCC. The molecule has 0 amide bonds. The Labute approximate surface area is 197 Å². The van der Waals surface area contributed by atoms with Gasteiger partial charge >= 0.3 is 5.97 Å². The van der Waals surface area contributed by atoms with Gasteiger partial charge in [-0.3, -0.25) is 9.59 Å². The maximum Gasteiger partial charge on any atom is 0.315 e. The van der Waals surface area contributed by atoms with Crippen LogP contribution in [0.5, 0.6) is 5.75 Å². The highest BCUT2D eigenvalue weighted by atomic mass is 35.5. The van der Waals surface area contributed by atoms with Crippen molar-refractivity contribution >= 4 is 34.7 Å². The van der Waals surface area contributed by atoms with Gasteiger partial charge in [-0.25, -0.2) is 0 Å². The molecular formula is C25H26ClNO4S. The van der Waals surface area contributed by atoms with Crippen LogP contribution in [0.4, 0.5) is 0 Å². The van der Waals surface area contributed by atoms with Crippen molar-refractivity contribution < 1.29 is 19.1 Å². The highest BCUT2D eigenvalue weighted by Gasteiger charge is 2.44. The van der Waals surface area contributed by atoms with Crippen LogP contribution in [0, 0.1) is 12.8 Å². The van der Waals surface area contributed by atoms with Crippen molar-refractivity contribution in [2.45, 2.75) is 45.6 Å². The fourth-order valence-electron chi connectivity index (χ4n) is 4.34. The first-order valence-electron chi connectivity index (χ1n) is 10.7. The number of allylic oxidation sites excluding steroid dienone is 2. The lowest BCUT2D eigenvalue weighted by Crippen LogP contribution is -2.40. The number of hydrogen-bond donors (Lipinski definition) is 1. The third kappa shape index (κ3) is 4.48. The second kappa shape index (κ2) is 9.51. The van der Waals surface area contributed by atoms with Crippen molar-refractivity contribution in [2.24, 2.45) is 5.92 Å². The number of thiophene rings is 1. The molecule has 5 nitrogen and oxygen atoms in total. The molecule has 2 unspecified atom stereocenters. The Hall–Kier alpha value is -2.57. The lowest BCUT2D eigenvalue weighted by Gasteiger charge is -2.37. The average Bonchev–Trinajstić information content (AvgIpc) is 3.13. The molecule has 168 valence electrons. The predicted molar refractivity (Wildman–Crippen MR) is 126 cm³/mol. The molecule has 1 aliphatic heterocycles. The van der Waals surface area contributed by atoms with Crippen molar-refractivity contribution in [3.05, 3.63) is 74.2 Å². The summed E-state index contributed by atoms with van der Waals surface area (Å²) >= 11 is 7.54. The van der Waals surface area contributed by atoms with Crippen LogP contribution >= 0.6 is 22.9 Å². The molecular weight excluding hydrogens is 446 g/mol. The summed E-state index contributed by atoms with van der Waals surface area (Å²) in [5, 5.41) is 3.90. The van der Waals surface area contributed by atoms with E-state index in [1.54, 1.807) is 30.4 Å². The number of carbonyl (C=O) groups excluding carboxylic acids is 2. The largest absolute Gasteiger partial charge is 0.489 e. The molecule has 0 bridgehead atoms. The Morgan fingerprint density at radius 1 is 1.28 bits per heavy atom. The Bertz CT molecular complexity index is 1090. The zero-order chi connectivity index (χ0) is 22.8. The zero-order valence-corrected chi connectivity index (χ0v) is 19.8. The number of benzene rings is 1. The molecule has 2 aliphatic rings. The molecule has 0 radical (unpaired) electrons. The van der Waals surface area contributed by atoms with Crippen molar-refractivity contribution in [3.63, 3.8) is 0 Å². The second-order valence-electron chi connectivity index (χ2n) is 8.00. The number of Topliss-reactive ketones (excluding diaryl/α,β-unsaturated/α-hetero) is 1. The molecule has 0 spiro atoms. The molecule has 32 heavy (non-hydrogen) atoms. The number of hydrogen-bond acceptors (Lipinski definition) is 6. The first-order chi connectivity index (χ1) is 15.4. The molecule has 2 atom stereocenters. The lowest BCUT2D eigenvalue weighted by atomic mass is 9.74. The average molecular weight is 472 g/mol. The third-order valence-corrected chi connectivity index (χ3v) is 7.31. The quantitative estimate of drug-likeness (QED) is 0.549. The summed E-state index contributed by atoms with van der Waals surface area (Å²) in [7, 11) is 0. The molecule has 4 rings (SSSR count). The highest BCUT2D eigenvalue weighted by Crippen LogP contribution is 2.47. The van der Waals surface area contributed by atoms with E-state index in [9.17, 15) is 9.59 Å². The van der Waals surface area contributed by atoms with E-state index in [0.717, 1.165) is 39.6 Å². The van der Waals surface area contributed by atoms with Gasteiger partial charge in [-0.15, -0.1) is 11.3 Å². The van der Waals surface area contributed by atoms with Crippen LogP contribution in [0.3, 0.4) is 0 Å². The normalized spacial score (nSPS) is 20.6. The van der Waals surface area contributed by atoms with Crippen LogP contribution < -0.4 is 10.1 Å². The molecule has 1 N–H and O–H groups in total. The number of rotatable bonds is 6. The zero-order valence-electron chi connectivity index (χ0n) is 18.2. The number of nitrogens with one attached hydrogen (secondary N) is 1. The molecule has 1 aliphatic carbocycles. The minimum atomic E-state index is -0.640. The summed E-state index contributed by atoms with van der Waals surface area (Å²) in [5.74, 6) is -0.563. The summed E-state index contributed by atoms with van der Waals surface area (Å²) in [6.07, 6.45) is 2.08. The molecule has 2 aromatic rings. The summed E-state index contributed by atoms with van der Waals surface area (Å²) in [6.45, 7) is 8.59. The van der Waals surface area contributed by atoms with E-state index in [-0.39, 0.29) is 18.4 Å². The minimum Gasteiger partial charge on any atom is -0.489 e. The highest BCUT2D eigenvalue weighted by molar-refractivity contribution is 7.12. The van der Waals surface area contributed by atoms with Crippen LogP contribution in [0.1, 0.15) is 47.4 Å². The van der Waals surface area contributed by atoms with Gasteiger partial charge in [0.05, 0.1) is 6.61 Å². The summed E-state index contributed by atoms with van der Waals surface area (Å²) in [5.41, 5.74) is 3.21. The van der Waals surface area contributed by atoms with Crippen LogP contribution in [0.25, 0.3) is 0 Å². The number of ketones is 1.